The van der Waals surface area contributed by atoms with Gasteiger partial charge >= 0.3 is 0 Å². The Morgan fingerprint density at radius 2 is 2.22 bits per heavy atom. The lowest BCUT2D eigenvalue weighted by Crippen LogP contribution is -2.53. The molecule has 0 aliphatic carbocycles. The van der Waals surface area contributed by atoms with Gasteiger partial charge < -0.3 is 9.64 Å². The van der Waals surface area contributed by atoms with Gasteiger partial charge in [0.25, 0.3) is 5.91 Å². The number of nitriles is 1. The lowest BCUT2D eigenvalue weighted by molar-refractivity contribution is -0.146. The van der Waals surface area contributed by atoms with Crippen LogP contribution in [0.25, 0.3) is 0 Å². The molecule has 0 atom stereocenters. The molecular weight excluding hydrogens is 296 g/mol. The molecule has 1 amide bonds. The van der Waals surface area contributed by atoms with E-state index in [-0.39, 0.29) is 19.1 Å². The molecule has 0 aromatic heterocycles. The lowest BCUT2D eigenvalue weighted by atomic mass is 9.86. The molecule has 1 fully saturated rings. The van der Waals surface area contributed by atoms with Gasteiger partial charge in [-0.2, -0.15) is 5.26 Å². The van der Waals surface area contributed by atoms with Crippen LogP contribution in [0.3, 0.4) is 0 Å². The van der Waals surface area contributed by atoms with E-state index in [1.54, 1.807) is 7.05 Å². The number of aryl methyl sites for hydroxylation is 1. The number of hydrogen-bond donors (Lipinski definition) is 0. The highest BCUT2D eigenvalue weighted by atomic mass is 79.9. The van der Waals surface area contributed by atoms with Crippen LogP contribution in [0.15, 0.2) is 22.7 Å². The van der Waals surface area contributed by atoms with Crippen molar-refractivity contribution < 1.29 is 9.53 Å². The molecule has 18 heavy (non-hydrogen) atoms. The number of amides is 1. The van der Waals surface area contributed by atoms with E-state index < -0.39 is 5.41 Å². The third-order valence-corrected chi connectivity index (χ3v) is 3.65. The molecule has 94 valence electrons. The van der Waals surface area contributed by atoms with Crippen molar-refractivity contribution in [2.45, 2.75) is 6.92 Å². The van der Waals surface area contributed by atoms with Gasteiger partial charge in [-0.25, -0.2) is 0 Å². The van der Waals surface area contributed by atoms with Crippen LogP contribution in [0.2, 0.25) is 0 Å². The Bertz CT molecular complexity index is 532. The summed E-state index contributed by atoms with van der Waals surface area (Å²) >= 11 is 3.38. The van der Waals surface area contributed by atoms with Crippen molar-refractivity contribution in [3.63, 3.8) is 0 Å². The van der Waals surface area contributed by atoms with Crippen molar-refractivity contribution in [1.29, 1.82) is 5.26 Å². The Kier molecular flexibility index (Phi) is 3.42. The molecule has 4 nitrogen and oxygen atoms in total. The van der Waals surface area contributed by atoms with Gasteiger partial charge in [-0.05, 0) is 24.6 Å². The highest BCUT2D eigenvalue weighted by Gasteiger charge is 2.48. The smallest absolute Gasteiger partial charge is 0.252 e. The van der Waals surface area contributed by atoms with Crippen LogP contribution < -0.4 is 4.90 Å². The van der Waals surface area contributed by atoms with E-state index in [1.807, 2.05) is 25.1 Å². The number of anilines is 1. The van der Waals surface area contributed by atoms with Crippen molar-refractivity contribution in [2.24, 2.45) is 5.41 Å². The molecule has 0 spiro atoms. The Hall–Kier alpha value is -1.38. The molecule has 0 bridgehead atoms. The maximum absolute atomic E-state index is 12.4. The van der Waals surface area contributed by atoms with Gasteiger partial charge in [-0.1, -0.05) is 22.0 Å². The minimum absolute atomic E-state index is 0.180. The summed E-state index contributed by atoms with van der Waals surface area (Å²) in [7, 11) is 1.69. The van der Waals surface area contributed by atoms with Crippen molar-refractivity contribution >= 4 is 27.5 Å². The molecule has 1 heterocycles. The van der Waals surface area contributed by atoms with E-state index in [0.29, 0.717) is 0 Å². The summed E-state index contributed by atoms with van der Waals surface area (Å²) in [5.41, 5.74) is 0.780. The van der Waals surface area contributed by atoms with Crippen LogP contribution in [0.5, 0.6) is 0 Å². The van der Waals surface area contributed by atoms with Gasteiger partial charge in [-0.15, -0.1) is 0 Å². The highest BCUT2D eigenvalue weighted by molar-refractivity contribution is 9.10. The van der Waals surface area contributed by atoms with Crippen molar-refractivity contribution in [2.75, 3.05) is 25.2 Å². The lowest BCUT2D eigenvalue weighted by Gasteiger charge is -2.36. The second-order valence-electron chi connectivity index (χ2n) is 4.48. The van der Waals surface area contributed by atoms with Gasteiger partial charge in [0.1, 0.15) is 0 Å². The Labute approximate surface area is 114 Å². The number of carbonyl (C=O) groups is 1. The van der Waals surface area contributed by atoms with E-state index in [1.165, 1.54) is 4.90 Å². The SMILES string of the molecule is Cc1ccc(Br)cc1N(C)C(=O)C1(C#N)COC1. The highest BCUT2D eigenvalue weighted by Crippen LogP contribution is 2.32. The second kappa shape index (κ2) is 4.71. The standard InChI is InChI=1S/C13H13BrN2O2/c1-9-3-4-10(14)5-11(9)16(2)12(17)13(6-15)7-18-8-13/h3-5H,7-8H2,1-2H3. The molecule has 0 radical (unpaired) electrons. The van der Waals surface area contributed by atoms with Gasteiger partial charge in [-0.3, -0.25) is 4.79 Å². The molecule has 1 saturated heterocycles. The van der Waals surface area contributed by atoms with Crippen molar-refractivity contribution in [1.82, 2.24) is 0 Å². The van der Waals surface area contributed by atoms with Crippen LogP contribution >= 0.6 is 15.9 Å². The van der Waals surface area contributed by atoms with Gasteiger partial charge in [0.2, 0.25) is 0 Å². The first-order valence-corrected chi connectivity index (χ1v) is 6.33. The fraction of sp³-hybridized carbons (Fsp3) is 0.385. The normalized spacial score (nSPS) is 16.6. The monoisotopic (exact) mass is 308 g/mol. The predicted octanol–water partition coefficient (Wildman–Crippen LogP) is 2.26. The largest absolute Gasteiger partial charge is 0.377 e. The molecule has 0 N–H and O–H groups in total. The zero-order valence-corrected chi connectivity index (χ0v) is 11.8. The number of ether oxygens (including phenoxy) is 1. The van der Waals surface area contributed by atoms with E-state index in [0.717, 1.165) is 15.7 Å². The number of carbonyl (C=O) groups excluding carboxylic acids is 1. The molecule has 0 unspecified atom stereocenters. The maximum Gasteiger partial charge on any atom is 0.252 e. The summed E-state index contributed by atoms with van der Waals surface area (Å²) < 4.78 is 5.91. The van der Waals surface area contributed by atoms with Crippen LogP contribution in [-0.4, -0.2) is 26.2 Å². The first-order valence-electron chi connectivity index (χ1n) is 5.53. The number of rotatable bonds is 2. The number of nitrogens with zero attached hydrogens (tertiary/aromatic N) is 2. The predicted molar refractivity (Wildman–Crippen MR) is 71.2 cm³/mol. The molecule has 1 aliphatic heterocycles. The maximum atomic E-state index is 12.4. The fourth-order valence-electron chi connectivity index (χ4n) is 1.92. The molecule has 2 rings (SSSR count). The topological polar surface area (TPSA) is 53.3 Å². The average molecular weight is 309 g/mol. The van der Waals surface area contributed by atoms with Crippen LogP contribution in [0.4, 0.5) is 5.69 Å². The summed E-state index contributed by atoms with van der Waals surface area (Å²) in [5.74, 6) is -0.211. The first kappa shape index (κ1) is 13.1. The minimum atomic E-state index is -1.01. The van der Waals surface area contributed by atoms with Crippen molar-refractivity contribution in [3.05, 3.63) is 28.2 Å². The van der Waals surface area contributed by atoms with Gasteiger partial charge in [0.15, 0.2) is 5.41 Å². The van der Waals surface area contributed by atoms with E-state index in [9.17, 15) is 4.79 Å². The van der Waals surface area contributed by atoms with Gasteiger partial charge in [0, 0.05) is 17.2 Å². The number of benzene rings is 1. The summed E-state index contributed by atoms with van der Waals surface area (Å²) in [6, 6.07) is 7.79. The number of hydrogen-bond acceptors (Lipinski definition) is 3. The van der Waals surface area contributed by atoms with Crippen LogP contribution in [-0.2, 0) is 9.53 Å². The quantitative estimate of drug-likeness (QED) is 0.842. The Morgan fingerprint density at radius 3 is 2.72 bits per heavy atom. The second-order valence-corrected chi connectivity index (χ2v) is 5.40. The van der Waals surface area contributed by atoms with Crippen LogP contribution in [0.1, 0.15) is 5.56 Å². The summed E-state index contributed by atoms with van der Waals surface area (Å²) in [6.07, 6.45) is 0. The zero-order chi connectivity index (χ0) is 13.3. The average Bonchev–Trinajstić information content (AvgIpc) is 2.30. The minimum Gasteiger partial charge on any atom is -0.377 e. The zero-order valence-electron chi connectivity index (χ0n) is 10.2. The van der Waals surface area contributed by atoms with Crippen molar-refractivity contribution in [3.8, 4) is 6.07 Å². The van der Waals surface area contributed by atoms with Gasteiger partial charge in [0.05, 0.1) is 19.3 Å². The number of halogens is 1. The molecule has 1 aromatic rings. The molecular formula is C13H13BrN2O2. The van der Waals surface area contributed by atoms with E-state index in [4.69, 9.17) is 10.00 Å². The summed E-state index contributed by atoms with van der Waals surface area (Å²) in [4.78, 5) is 13.9. The third-order valence-electron chi connectivity index (χ3n) is 3.16. The third kappa shape index (κ3) is 2.02. The van der Waals surface area contributed by atoms with Crippen LogP contribution in [0, 0.1) is 23.7 Å². The summed E-state index contributed by atoms with van der Waals surface area (Å²) in [6.45, 7) is 2.29. The molecule has 1 aromatic carbocycles. The fourth-order valence-corrected chi connectivity index (χ4v) is 2.27. The van der Waals surface area contributed by atoms with E-state index in [2.05, 4.69) is 22.0 Å². The Morgan fingerprint density at radius 1 is 1.56 bits per heavy atom. The molecule has 0 saturated carbocycles. The molecule has 1 aliphatic rings. The van der Waals surface area contributed by atoms with E-state index >= 15 is 0 Å². The summed E-state index contributed by atoms with van der Waals surface area (Å²) in [5, 5.41) is 9.14. The molecule has 5 heteroatoms. The Balaban J connectivity index is 2.31. The first-order chi connectivity index (χ1) is 8.50.